The molecule has 3 heteroatoms. The molecule has 0 saturated carbocycles. The standard InChI is InChI=1S/C12H27N3/c1-5-13-7-6-8-15-9-11(2)14(4)12(3)10-15/h11-13H,5-10H2,1-4H3. The highest BCUT2D eigenvalue weighted by molar-refractivity contribution is 4.82. The molecule has 1 rings (SSSR count). The van der Waals surface area contributed by atoms with Gasteiger partial charge >= 0.3 is 0 Å². The third-order valence-corrected chi connectivity index (χ3v) is 3.51. The summed E-state index contributed by atoms with van der Waals surface area (Å²) in [6.45, 7) is 12.8. The number of hydrogen-bond donors (Lipinski definition) is 1. The van der Waals surface area contributed by atoms with Crippen molar-refractivity contribution in [3.05, 3.63) is 0 Å². The van der Waals surface area contributed by atoms with E-state index in [1.807, 2.05) is 0 Å². The van der Waals surface area contributed by atoms with E-state index in [9.17, 15) is 0 Å². The van der Waals surface area contributed by atoms with Crippen molar-refractivity contribution in [2.45, 2.75) is 39.3 Å². The van der Waals surface area contributed by atoms with Crippen LogP contribution in [0, 0.1) is 0 Å². The predicted octanol–water partition coefficient (Wildman–Crippen LogP) is 1.01. The SMILES string of the molecule is CCNCCCN1CC(C)N(C)C(C)C1. The molecule has 2 atom stereocenters. The molecular formula is C12H27N3. The van der Waals surface area contributed by atoms with Gasteiger partial charge in [0.15, 0.2) is 0 Å². The van der Waals surface area contributed by atoms with Crippen LogP contribution < -0.4 is 5.32 Å². The second-order valence-electron chi connectivity index (χ2n) is 4.83. The van der Waals surface area contributed by atoms with Crippen molar-refractivity contribution in [3.63, 3.8) is 0 Å². The van der Waals surface area contributed by atoms with Gasteiger partial charge in [-0.25, -0.2) is 0 Å². The number of likely N-dealkylation sites (N-methyl/N-ethyl adjacent to an activating group) is 1. The van der Waals surface area contributed by atoms with E-state index in [0.717, 1.165) is 13.1 Å². The third-order valence-electron chi connectivity index (χ3n) is 3.51. The van der Waals surface area contributed by atoms with E-state index in [-0.39, 0.29) is 0 Å². The molecule has 0 radical (unpaired) electrons. The minimum Gasteiger partial charge on any atom is -0.317 e. The lowest BCUT2D eigenvalue weighted by molar-refractivity contribution is 0.0595. The van der Waals surface area contributed by atoms with Crippen LogP contribution in [0.5, 0.6) is 0 Å². The van der Waals surface area contributed by atoms with Gasteiger partial charge in [0.1, 0.15) is 0 Å². The van der Waals surface area contributed by atoms with Crippen LogP contribution in [0.1, 0.15) is 27.2 Å². The Morgan fingerprint density at radius 3 is 2.33 bits per heavy atom. The second kappa shape index (κ2) is 6.46. The number of piperazine rings is 1. The molecular weight excluding hydrogens is 186 g/mol. The third kappa shape index (κ3) is 4.09. The Morgan fingerprint density at radius 1 is 1.20 bits per heavy atom. The van der Waals surface area contributed by atoms with Crippen LogP contribution in [0.15, 0.2) is 0 Å². The molecule has 0 aromatic heterocycles. The van der Waals surface area contributed by atoms with Crippen molar-refractivity contribution in [1.82, 2.24) is 15.1 Å². The molecule has 2 unspecified atom stereocenters. The fourth-order valence-electron chi connectivity index (χ4n) is 2.30. The Kier molecular flexibility index (Phi) is 5.58. The summed E-state index contributed by atoms with van der Waals surface area (Å²) < 4.78 is 0. The summed E-state index contributed by atoms with van der Waals surface area (Å²) in [6.07, 6.45) is 1.27. The van der Waals surface area contributed by atoms with Crippen LogP contribution in [-0.2, 0) is 0 Å². The molecule has 0 spiro atoms. The maximum Gasteiger partial charge on any atom is 0.0195 e. The lowest BCUT2D eigenvalue weighted by atomic mass is 10.1. The van der Waals surface area contributed by atoms with Crippen LogP contribution in [0.3, 0.4) is 0 Å². The molecule has 1 fully saturated rings. The van der Waals surface area contributed by atoms with Crippen molar-refractivity contribution in [3.8, 4) is 0 Å². The van der Waals surface area contributed by atoms with E-state index < -0.39 is 0 Å². The average molecular weight is 213 g/mol. The van der Waals surface area contributed by atoms with Gasteiger partial charge in [0, 0.05) is 25.2 Å². The first-order valence-electron chi connectivity index (χ1n) is 6.30. The van der Waals surface area contributed by atoms with E-state index in [4.69, 9.17) is 0 Å². The maximum absolute atomic E-state index is 3.38. The van der Waals surface area contributed by atoms with Gasteiger partial charge in [-0.1, -0.05) is 6.92 Å². The van der Waals surface area contributed by atoms with E-state index in [1.165, 1.54) is 26.1 Å². The zero-order valence-electron chi connectivity index (χ0n) is 10.8. The molecule has 0 bridgehead atoms. The Labute approximate surface area is 94.8 Å². The fourth-order valence-corrected chi connectivity index (χ4v) is 2.30. The predicted molar refractivity (Wildman–Crippen MR) is 66.3 cm³/mol. The fraction of sp³-hybridized carbons (Fsp3) is 1.00. The van der Waals surface area contributed by atoms with Crippen molar-refractivity contribution < 1.29 is 0 Å². The van der Waals surface area contributed by atoms with E-state index in [1.54, 1.807) is 0 Å². The van der Waals surface area contributed by atoms with Gasteiger partial charge in [-0.05, 0) is 47.0 Å². The lowest BCUT2D eigenvalue weighted by Crippen LogP contribution is -2.55. The maximum atomic E-state index is 3.38. The largest absolute Gasteiger partial charge is 0.317 e. The zero-order valence-corrected chi connectivity index (χ0v) is 10.8. The van der Waals surface area contributed by atoms with Gasteiger partial charge in [-0.15, -0.1) is 0 Å². The van der Waals surface area contributed by atoms with E-state index in [0.29, 0.717) is 12.1 Å². The van der Waals surface area contributed by atoms with Gasteiger partial charge in [0.2, 0.25) is 0 Å². The van der Waals surface area contributed by atoms with Crippen LogP contribution >= 0.6 is 0 Å². The molecule has 0 amide bonds. The van der Waals surface area contributed by atoms with E-state index >= 15 is 0 Å². The zero-order chi connectivity index (χ0) is 11.3. The van der Waals surface area contributed by atoms with Crippen LogP contribution in [0.2, 0.25) is 0 Å². The minimum atomic E-state index is 0.702. The van der Waals surface area contributed by atoms with Gasteiger partial charge in [0.25, 0.3) is 0 Å². The summed E-state index contributed by atoms with van der Waals surface area (Å²) in [7, 11) is 2.24. The molecule has 0 aromatic rings. The second-order valence-corrected chi connectivity index (χ2v) is 4.83. The highest BCUT2D eigenvalue weighted by Gasteiger charge is 2.25. The van der Waals surface area contributed by atoms with Crippen molar-refractivity contribution in [1.29, 1.82) is 0 Å². The first-order valence-corrected chi connectivity index (χ1v) is 6.30. The Bertz CT molecular complexity index is 160. The lowest BCUT2D eigenvalue weighted by Gasteiger charge is -2.42. The van der Waals surface area contributed by atoms with Gasteiger partial charge in [0.05, 0.1) is 0 Å². The summed E-state index contributed by atoms with van der Waals surface area (Å²) in [5.74, 6) is 0. The first-order chi connectivity index (χ1) is 7.15. The average Bonchev–Trinajstić information content (AvgIpc) is 2.21. The summed E-state index contributed by atoms with van der Waals surface area (Å²) in [4.78, 5) is 5.09. The molecule has 3 nitrogen and oxygen atoms in total. The van der Waals surface area contributed by atoms with Gasteiger partial charge < -0.3 is 10.2 Å². The molecule has 0 aromatic carbocycles. The molecule has 1 aliphatic rings. The monoisotopic (exact) mass is 213 g/mol. The smallest absolute Gasteiger partial charge is 0.0195 e. The van der Waals surface area contributed by atoms with Crippen molar-refractivity contribution >= 4 is 0 Å². The summed E-state index contributed by atoms with van der Waals surface area (Å²) in [5.41, 5.74) is 0. The van der Waals surface area contributed by atoms with Gasteiger partial charge in [-0.3, -0.25) is 4.90 Å². The number of hydrogen-bond acceptors (Lipinski definition) is 3. The summed E-state index contributed by atoms with van der Waals surface area (Å²) in [6, 6.07) is 1.40. The minimum absolute atomic E-state index is 0.702. The summed E-state index contributed by atoms with van der Waals surface area (Å²) >= 11 is 0. The quantitative estimate of drug-likeness (QED) is 0.688. The Hall–Kier alpha value is -0.120. The molecule has 1 heterocycles. The van der Waals surface area contributed by atoms with Crippen LogP contribution in [0.4, 0.5) is 0 Å². The van der Waals surface area contributed by atoms with Crippen LogP contribution in [-0.4, -0.2) is 61.7 Å². The first kappa shape index (κ1) is 12.9. The Balaban J connectivity index is 2.20. The molecule has 1 aliphatic heterocycles. The molecule has 1 saturated heterocycles. The number of nitrogens with zero attached hydrogens (tertiary/aromatic N) is 2. The number of rotatable bonds is 5. The van der Waals surface area contributed by atoms with Gasteiger partial charge in [-0.2, -0.15) is 0 Å². The Morgan fingerprint density at radius 2 is 1.80 bits per heavy atom. The molecule has 1 N–H and O–H groups in total. The molecule has 0 aliphatic carbocycles. The normalized spacial score (nSPS) is 29.6. The van der Waals surface area contributed by atoms with E-state index in [2.05, 4.69) is 42.9 Å². The van der Waals surface area contributed by atoms with Crippen molar-refractivity contribution in [2.75, 3.05) is 39.8 Å². The van der Waals surface area contributed by atoms with Crippen LogP contribution in [0.25, 0.3) is 0 Å². The highest BCUT2D eigenvalue weighted by atomic mass is 15.3. The number of nitrogens with one attached hydrogen (secondary N) is 1. The van der Waals surface area contributed by atoms with Crippen molar-refractivity contribution in [2.24, 2.45) is 0 Å². The summed E-state index contributed by atoms with van der Waals surface area (Å²) in [5, 5.41) is 3.38. The highest BCUT2D eigenvalue weighted by Crippen LogP contribution is 2.12. The molecule has 90 valence electrons. The molecule has 15 heavy (non-hydrogen) atoms. The topological polar surface area (TPSA) is 18.5 Å².